The fourth-order valence-corrected chi connectivity index (χ4v) is 10.9. The van der Waals surface area contributed by atoms with Gasteiger partial charge in [0.2, 0.25) is 10.0 Å². The van der Waals surface area contributed by atoms with E-state index in [-0.39, 0.29) is 76.0 Å². The predicted molar refractivity (Wildman–Crippen MR) is 175 cm³/mol. The Morgan fingerprint density at radius 1 is 1.10 bits per heavy atom. The molecule has 48 heavy (non-hydrogen) atoms. The largest absolute Gasteiger partial charge is 0.511 e. The number of ether oxygens (including phenoxy) is 1. The molecule has 2 unspecified atom stereocenters. The number of aliphatic hydroxyl groups excluding tert-OH is 1. The summed E-state index contributed by atoms with van der Waals surface area (Å²) < 4.78 is 76.8. The molecular formula is C32H31FN4O8S3. The van der Waals surface area contributed by atoms with Gasteiger partial charge in [-0.3, -0.25) is 4.79 Å². The fraction of sp³-hybridized carbons (Fsp3) is 0.344. The molecule has 12 nitrogen and oxygen atoms in total. The number of aliphatic hydroxyl groups is 1. The van der Waals surface area contributed by atoms with Gasteiger partial charge in [-0.25, -0.2) is 22.3 Å². The molecule has 2 fully saturated rings. The predicted octanol–water partition coefficient (Wildman–Crippen LogP) is 4.47. The summed E-state index contributed by atoms with van der Waals surface area (Å²) in [5.41, 5.74) is 1.29. The van der Waals surface area contributed by atoms with Gasteiger partial charge in [0.15, 0.2) is 5.84 Å². The van der Waals surface area contributed by atoms with Crippen LogP contribution in [0.1, 0.15) is 36.0 Å². The zero-order chi connectivity index (χ0) is 33.8. The van der Waals surface area contributed by atoms with Crippen LogP contribution in [0.5, 0.6) is 0 Å². The van der Waals surface area contributed by atoms with Crippen LogP contribution in [0.3, 0.4) is 0 Å². The van der Waals surface area contributed by atoms with E-state index in [9.17, 15) is 35.9 Å². The zero-order valence-electron chi connectivity index (χ0n) is 25.3. The maximum atomic E-state index is 14.1. The van der Waals surface area contributed by atoms with E-state index in [0.717, 1.165) is 30.6 Å². The van der Waals surface area contributed by atoms with Gasteiger partial charge in [0.25, 0.3) is 15.9 Å². The first kappa shape index (κ1) is 32.3. The Labute approximate surface area is 280 Å². The Kier molecular flexibility index (Phi) is 8.28. The molecule has 0 saturated heterocycles. The van der Waals surface area contributed by atoms with Gasteiger partial charge in [-0.05, 0) is 71.7 Å². The van der Waals surface area contributed by atoms with E-state index in [0.29, 0.717) is 11.1 Å². The molecule has 3 aromatic rings. The fourth-order valence-electron chi connectivity index (χ4n) is 7.34. The Morgan fingerprint density at radius 2 is 1.83 bits per heavy atom. The lowest BCUT2D eigenvalue weighted by Gasteiger charge is -2.44. The normalized spacial score (nSPS) is 24.1. The van der Waals surface area contributed by atoms with Gasteiger partial charge in [-0.2, -0.15) is 8.42 Å². The Bertz CT molecular complexity index is 2060. The van der Waals surface area contributed by atoms with Crippen LogP contribution in [-0.2, 0) is 49.2 Å². The van der Waals surface area contributed by atoms with Gasteiger partial charge in [0.05, 0.1) is 5.75 Å². The molecule has 16 heteroatoms. The molecule has 2 amide bonds. The van der Waals surface area contributed by atoms with Crippen molar-refractivity contribution in [2.75, 3.05) is 11.1 Å². The van der Waals surface area contributed by atoms with E-state index >= 15 is 0 Å². The standard InChI is InChI=1S/C32H31FN4O8S3/c33-23-10-6-18(7-11-23)15-37-26-21-9-8-20(14-21)24(26)27(38)25(31(37)39)29-34-30-28(48(43,44)35-29)22(17-46-30)12-13-47(41,42)36-32(40)45-16-19-4-2-1-3-5-19/h1-7,10-11,17,20-21,24,26,38H,8-9,12-16H2,(H,34,35)(H,36,40)/t20-,21+,24?,26?/m0/s1. The molecule has 3 N–H and O–H groups in total. The molecule has 1 aromatic heterocycles. The number of nitrogens with one attached hydrogen (secondary N) is 2. The Morgan fingerprint density at radius 3 is 2.58 bits per heavy atom. The number of sulfonamides is 2. The van der Waals surface area contributed by atoms with Crippen molar-refractivity contribution in [2.45, 2.75) is 49.8 Å². The van der Waals surface area contributed by atoms with E-state index in [1.165, 1.54) is 17.5 Å². The quantitative estimate of drug-likeness (QED) is 0.289. The lowest BCUT2D eigenvalue weighted by Crippen LogP contribution is -2.53. The molecule has 0 spiro atoms. The molecule has 252 valence electrons. The summed E-state index contributed by atoms with van der Waals surface area (Å²) in [6.07, 6.45) is 1.20. The van der Waals surface area contributed by atoms with Gasteiger partial charge in [-0.15, -0.1) is 15.7 Å². The highest BCUT2D eigenvalue weighted by atomic mass is 32.2. The first-order valence-electron chi connectivity index (χ1n) is 15.3. The molecule has 4 aliphatic rings. The van der Waals surface area contributed by atoms with Crippen molar-refractivity contribution in [3.63, 3.8) is 0 Å². The van der Waals surface area contributed by atoms with Crippen LogP contribution in [0.2, 0.25) is 0 Å². The highest BCUT2D eigenvalue weighted by molar-refractivity contribution is 7.91. The van der Waals surface area contributed by atoms with Gasteiger partial charge >= 0.3 is 6.09 Å². The Balaban J connectivity index is 1.10. The number of fused-ring (bicyclic) bond motifs is 6. The number of nitrogens with zero attached hydrogens (tertiary/aromatic N) is 2. The lowest BCUT2D eigenvalue weighted by atomic mass is 9.77. The highest BCUT2D eigenvalue weighted by Crippen LogP contribution is 2.55. The zero-order valence-corrected chi connectivity index (χ0v) is 27.8. The Hall–Kier alpha value is -4.28. The number of benzene rings is 2. The number of carbonyl (C=O) groups is 2. The van der Waals surface area contributed by atoms with Crippen LogP contribution < -0.4 is 10.0 Å². The van der Waals surface area contributed by atoms with Crippen LogP contribution in [0.15, 0.2) is 80.6 Å². The molecule has 2 aliphatic carbocycles. The first-order chi connectivity index (χ1) is 22.9. The summed E-state index contributed by atoms with van der Waals surface area (Å²) in [4.78, 5) is 27.6. The molecule has 4 atom stereocenters. The third-order valence-electron chi connectivity index (χ3n) is 9.39. The number of hydrogen-bond acceptors (Lipinski definition) is 10. The summed E-state index contributed by atoms with van der Waals surface area (Å²) >= 11 is 0.988. The van der Waals surface area contributed by atoms with Crippen molar-refractivity contribution >= 4 is 54.2 Å². The average Bonchev–Trinajstić information content (AvgIpc) is 3.78. The third kappa shape index (κ3) is 6.07. The molecule has 2 saturated carbocycles. The maximum absolute atomic E-state index is 14.1. The molecule has 0 radical (unpaired) electrons. The second kappa shape index (κ2) is 12.3. The van der Waals surface area contributed by atoms with E-state index in [4.69, 9.17) is 4.74 Å². The van der Waals surface area contributed by atoms with Crippen molar-refractivity contribution in [3.8, 4) is 0 Å². The average molecular weight is 715 g/mol. The number of carbonyl (C=O) groups excluding carboxylic acids is 2. The van der Waals surface area contributed by atoms with E-state index in [1.54, 1.807) is 47.4 Å². The van der Waals surface area contributed by atoms with Crippen molar-refractivity contribution in [2.24, 2.45) is 22.2 Å². The van der Waals surface area contributed by atoms with Crippen molar-refractivity contribution < 1.29 is 40.7 Å². The van der Waals surface area contributed by atoms with Crippen LogP contribution in [0.25, 0.3) is 0 Å². The highest BCUT2D eigenvalue weighted by Gasteiger charge is 2.57. The number of halogens is 1. The van der Waals surface area contributed by atoms with Crippen molar-refractivity contribution in [1.82, 2.24) is 9.62 Å². The van der Waals surface area contributed by atoms with Crippen LogP contribution in [-0.4, -0.2) is 56.5 Å². The number of rotatable bonds is 9. The molecule has 3 heterocycles. The summed E-state index contributed by atoms with van der Waals surface area (Å²) in [6, 6.07) is 14.2. The SMILES string of the molecule is O=C(NS(=O)(=O)CCc1csc2c1S(=O)(=O)N=C(C1=C(O)C3C([C@@H]4CC[C@H]3C4)N(Cc3ccc(F)cc3)C1=O)N2)OCc1ccccc1. The molecule has 2 aliphatic heterocycles. The van der Waals surface area contributed by atoms with Gasteiger partial charge in [0, 0.05) is 18.5 Å². The number of amidine groups is 1. The third-order valence-corrected chi connectivity index (χ3v) is 13.1. The molecular weight excluding hydrogens is 684 g/mol. The van der Waals surface area contributed by atoms with Crippen LogP contribution in [0.4, 0.5) is 14.2 Å². The number of thiophene rings is 1. The van der Waals surface area contributed by atoms with Gasteiger partial charge in [0.1, 0.15) is 33.7 Å². The number of aryl methyl sites for hydroxylation is 1. The minimum atomic E-state index is -4.45. The maximum Gasteiger partial charge on any atom is 0.421 e. The number of anilines is 1. The van der Waals surface area contributed by atoms with Crippen LogP contribution >= 0.6 is 11.3 Å². The minimum Gasteiger partial charge on any atom is -0.511 e. The smallest absolute Gasteiger partial charge is 0.421 e. The van der Waals surface area contributed by atoms with Crippen molar-refractivity contribution in [1.29, 1.82) is 0 Å². The summed E-state index contributed by atoms with van der Waals surface area (Å²) in [7, 11) is -8.64. The first-order valence-corrected chi connectivity index (χ1v) is 19.3. The van der Waals surface area contributed by atoms with E-state index < -0.39 is 43.6 Å². The second-order valence-electron chi connectivity index (χ2n) is 12.4. The van der Waals surface area contributed by atoms with E-state index in [1.807, 2.05) is 4.72 Å². The number of hydrogen-bond donors (Lipinski definition) is 3. The molecule has 2 bridgehead atoms. The van der Waals surface area contributed by atoms with Crippen LogP contribution in [0, 0.1) is 23.6 Å². The summed E-state index contributed by atoms with van der Waals surface area (Å²) in [5, 5.41) is 16.0. The van der Waals surface area contributed by atoms with Gasteiger partial charge in [-0.1, -0.05) is 42.5 Å². The minimum absolute atomic E-state index is 0.120. The monoisotopic (exact) mass is 714 g/mol. The second-order valence-corrected chi connectivity index (χ2v) is 16.6. The molecule has 7 rings (SSSR count). The molecule has 2 aromatic carbocycles. The summed E-state index contributed by atoms with van der Waals surface area (Å²) in [6.45, 7) is 0.0165. The number of amides is 2. The topological polar surface area (TPSA) is 172 Å². The lowest BCUT2D eigenvalue weighted by molar-refractivity contribution is -0.134. The summed E-state index contributed by atoms with van der Waals surface area (Å²) in [5.74, 6) is -2.19. The van der Waals surface area contributed by atoms with Gasteiger partial charge < -0.3 is 20.1 Å². The van der Waals surface area contributed by atoms with Crippen molar-refractivity contribution in [3.05, 3.63) is 93.8 Å². The van der Waals surface area contributed by atoms with E-state index in [2.05, 4.69) is 9.71 Å².